The summed E-state index contributed by atoms with van der Waals surface area (Å²) in [5, 5.41) is 7.62. The van der Waals surface area contributed by atoms with Gasteiger partial charge in [0.1, 0.15) is 5.69 Å². The molecule has 0 radical (unpaired) electrons. The Morgan fingerprint density at radius 1 is 1.21 bits per heavy atom. The summed E-state index contributed by atoms with van der Waals surface area (Å²) in [6.07, 6.45) is 2.86. The first-order valence-electron chi connectivity index (χ1n) is 8.70. The molecule has 0 aliphatic rings. The van der Waals surface area contributed by atoms with Crippen molar-refractivity contribution in [3.05, 3.63) is 70.6 Å². The fraction of sp³-hybridized carbons (Fsp3) is 0.0500. The fourth-order valence-corrected chi connectivity index (χ4v) is 3.17. The smallest absolute Gasteiger partial charge is 0.259 e. The minimum Gasteiger partial charge on any atom is -0.463 e. The van der Waals surface area contributed by atoms with E-state index < -0.39 is 5.91 Å². The number of aromatic amines is 1. The van der Waals surface area contributed by atoms with E-state index in [1.807, 2.05) is 0 Å². The van der Waals surface area contributed by atoms with Crippen LogP contribution in [0.3, 0.4) is 0 Å². The third-order valence-corrected chi connectivity index (χ3v) is 4.53. The van der Waals surface area contributed by atoms with Gasteiger partial charge in [-0.05, 0) is 43.3 Å². The maximum Gasteiger partial charge on any atom is 0.259 e. The van der Waals surface area contributed by atoms with Crippen LogP contribution in [-0.2, 0) is 0 Å². The molecule has 0 saturated carbocycles. The molecule has 9 heteroatoms. The maximum absolute atomic E-state index is 13.1. The van der Waals surface area contributed by atoms with Crippen molar-refractivity contribution in [3.8, 4) is 11.5 Å². The molecule has 0 unspecified atom stereocenters. The first-order valence-corrected chi connectivity index (χ1v) is 8.70. The van der Waals surface area contributed by atoms with Crippen LogP contribution in [0.25, 0.3) is 33.5 Å². The Morgan fingerprint density at radius 2 is 2.10 bits per heavy atom. The normalized spacial score (nSPS) is 11.2. The number of pyridine rings is 1. The summed E-state index contributed by atoms with van der Waals surface area (Å²) < 4.78 is 10.7. The quantitative estimate of drug-likeness (QED) is 0.486. The van der Waals surface area contributed by atoms with Gasteiger partial charge in [0.25, 0.3) is 17.2 Å². The SMILES string of the molecule is Cc1noc2nc(-c3ccco3)cc(C(=O)Nc3ccc4nc[nH]c(=O)c4c3)c12. The number of H-pyrrole nitrogens is 1. The first kappa shape index (κ1) is 16.9. The van der Waals surface area contributed by atoms with E-state index in [9.17, 15) is 9.59 Å². The second kappa shape index (κ2) is 6.41. The van der Waals surface area contributed by atoms with Gasteiger partial charge in [-0.1, -0.05) is 5.16 Å². The van der Waals surface area contributed by atoms with E-state index in [2.05, 4.69) is 25.4 Å². The monoisotopic (exact) mass is 387 g/mol. The highest BCUT2D eigenvalue weighted by Gasteiger charge is 2.20. The lowest BCUT2D eigenvalue weighted by molar-refractivity contribution is 0.102. The number of rotatable bonds is 3. The van der Waals surface area contributed by atoms with Gasteiger partial charge in [0.2, 0.25) is 0 Å². The number of carbonyl (C=O) groups excluding carboxylic acids is 1. The molecule has 0 saturated heterocycles. The number of hydrogen-bond acceptors (Lipinski definition) is 7. The number of nitrogens with zero attached hydrogens (tertiary/aromatic N) is 3. The second-order valence-corrected chi connectivity index (χ2v) is 6.40. The van der Waals surface area contributed by atoms with E-state index in [4.69, 9.17) is 8.94 Å². The van der Waals surface area contributed by atoms with Crippen molar-refractivity contribution in [2.24, 2.45) is 0 Å². The molecule has 2 N–H and O–H groups in total. The average Bonchev–Trinajstić information content (AvgIpc) is 3.38. The predicted molar refractivity (Wildman–Crippen MR) is 105 cm³/mol. The topological polar surface area (TPSA) is 127 Å². The molecule has 142 valence electrons. The average molecular weight is 387 g/mol. The van der Waals surface area contributed by atoms with Crippen molar-refractivity contribution in [2.75, 3.05) is 5.32 Å². The maximum atomic E-state index is 13.1. The number of hydrogen-bond donors (Lipinski definition) is 2. The lowest BCUT2D eigenvalue weighted by atomic mass is 10.1. The fourth-order valence-electron chi connectivity index (χ4n) is 3.17. The molecular formula is C20H13N5O4. The number of furan rings is 1. The van der Waals surface area contributed by atoms with Crippen LogP contribution in [0.5, 0.6) is 0 Å². The van der Waals surface area contributed by atoms with Crippen LogP contribution in [0.15, 0.2) is 62.7 Å². The number of aromatic nitrogens is 4. The highest BCUT2D eigenvalue weighted by Crippen LogP contribution is 2.28. The molecule has 4 heterocycles. The number of carbonyl (C=O) groups is 1. The Balaban J connectivity index is 1.60. The highest BCUT2D eigenvalue weighted by atomic mass is 16.5. The van der Waals surface area contributed by atoms with E-state index in [0.717, 1.165) is 0 Å². The summed E-state index contributed by atoms with van der Waals surface area (Å²) >= 11 is 0. The molecule has 0 spiro atoms. The Hall–Kier alpha value is -4.27. The van der Waals surface area contributed by atoms with Crippen LogP contribution in [0.4, 0.5) is 5.69 Å². The molecule has 0 bridgehead atoms. The lowest BCUT2D eigenvalue weighted by Crippen LogP contribution is -2.14. The molecule has 5 aromatic rings. The first-order chi connectivity index (χ1) is 14.1. The number of fused-ring (bicyclic) bond motifs is 2. The summed E-state index contributed by atoms with van der Waals surface area (Å²) in [5.74, 6) is 0.106. The zero-order valence-electron chi connectivity index (χ0n) is 15.1. The molecule has 0 atom stereocenters. The van der Waals surface area contributed by atoms with Crippen molar-refractivity contribution in [2.45, 2.75) is 6.92 Å². The van der Waals surface area contributed by atoms with Gasteiger partial charge >= 0.3 is 0 Å². The number of benzene rings is 1. The molecule has 29 heavy (non-hydrogen) atoms. The molecular weight excluding hydrogens is 374 g/mol. The Labute approximate surface area is 162 Å². The van der Waals surface area contributed by atoms with E-state index in [1.165, 1.54) is 12.6 Å². The molecule has 4 aromatic heterocycles. The van der Waals surface area contributed by atoms with Gasteiger partial charge in [-0.15, -0.1) is 0 Å². The van der Waals surface area contributed by atoms with Crippen molar-refractivity contribution >= 4 is 33.6 Å². The van der Waals surface area contributed by atoms with E-state index >= 15 is 0 Å². The van der Waals surface area contributed by atoms with Crippen molar-refractivity contribution < 1.29 is 13.7 Å². The van der Waals surface area contributed by atoms with Gasteiger partial charge in [0, 0.05) is 5.69 Å². The number of aryl methyl sites for hydroxylation is 1. The summed E-state index contributed by atoms with van der Waals surface area (Å²) in [6, 6.07) is 10.0. The molecule has 0 aliphatic carbocycles. The van der Waals surface area contributed by atoms with Crippen LogP contribution < -0.4 is 10.9 Å². The van der Waals surface area contributed by atoms with Crippen molar-refractivity contribution in [1.29, 1.82) is 0 Å². The molecule has 0 fully saturated rings. The Morgan fingerprint density at radius 3 is 2.93 bits per heavy atom. The van der Waals surface area contributed by atoms with Crippen molar-refractivity contribution in [3.63, 3.8) is 0 Å². The van der Waals surface area contributed by atoms with Gasteiger partial charge in [0.15, 0.2) is 5.76 Å². The molecule has 9 nitrogen and oxygen atoms in total. The second-order valence-electron chi connectivity index (χ2n) is 6.40. The number of anilines is 1. The van der Waals surface area contributed by atoms with Crippen LogP contribution >= 0.6 is 0 Å². The zero-order chi connectivity index (χ0) is 20.0. The summed E-state index contributed by atoms with van der Waals surface area (Å²) in [6.45, 7) is 1.73. The van der Waals surface area contributed by atoms with Gasteiger partial charge < -0.3 is 19.2 Å². The molecule has 1 amide bonds. The zero-order valence-corrected chi connectivity index (χ0v) is 15.1. The Kier molecular flexibility index (Phi) is 3.73. The van der Waals surface area contributed by atoms with E-state index in [0.29, 0.717) is 44.7 Å². The summed E-state index contributed by atoms with van der Waals surface area (Å²) in [7, 11) is 0. The van der Waals surface area contributed by atoms with Gasteiger partial charge in [-0.25, -0.2) is 9.97 Å². The van der Waals surface area contributed by atoms with Gasteiger partial charge in [-0.3, -0.25) is 9.59 Å². The number of amides is 1. The lowest BCUT2D eigenvalue weighted by Gasteiger charge is -2.08. The third-order valence-electron chi connectivity index (χ3n) is 4.53. The van der Waals surface area contributed by atoms with E-state index in [-0.39, 0.29) is 11.3 Å². The van der Waals surface area contributed by atoms with Crippen LogP contribution in [0, 0.1) is 6.92 Å². The Bertz CT molecular complexity index is 1430. The highest BCUT2D eigenvalue weighted by molar-refractivity contribution is 6.13. The molecule has 1 aromatic carbocycles. The largest absolute Gasteiger partial charge is 0.463 e. The summed E-state index contributed by atoms with van der Waals surface area (Å²) in [4.78, 5) is 36.1. The molecule has 0 aliphatic heterocycles. The standard InChI is InChI=1S/C20H13N5O4/c1-10-17-13(8-15(16-3-2-6-28-16)24-20(17)29-25-10)19(27)23-11-4-5-14-12(7-11)18(26)22-9-21-14/h2-9H,1H3,(H,23,27)(H,21,22,26). The third kappa shape index (κ3) is 2.85. The minimum atomic E-state index is -0.392. The molecule has 5 rings (SSSR count). The van der Waals surface area contributed by atoms with Crippen LogP contribution in [0.1, 0.15) is 16.1 Å². The van der Waals surface area contributed by atoms with Crippen molar-refractivity contribution in [1.82, 2.24) is 20.1 Å². The number of nitrogens with one attached hydrogen (secondary N) is 2. The van der Waals surface area contributed by atoms with Crippen LogP contribution in [0.2, 0.25) is 0 Å². The minimum absolute atomic E-state index is 0.237. The van der Waals surface area contributed by atoms with E-state index in [1.54, 1.807) is 43.3 Å². The van der Waals surface area contributed by atoms with Crippen LogP contribution in [-0.4, -0.2) is 26.0 Å². The van der Waals surface area contributed by atoms with Gasteiger partial charge in [0.05, 0.1) is 40.1 Å². The predicted octanol–water partition coefficient (Wildman–Crippen LogP) is 3.28. The summed E-state index contributed by atoms with van der Waals surface area (Å²) in [5.41, 5.74) is 2.27. The van der Waals surface area contributed by atoms with Gasteiger partial charge in [-0.2, -0.15) is 0 Å².